The van der Waals surface area contributed by atoms with E-state index in [2.05, 4.69) is 20.9 Å². The Morgan fingerprint density at radius 2 is 2.06 bits per heavy atom. The van der Waals surface area contributed by atoms with Gasteiger partial charge in [0.05, 0.1) is 0 Å². The van der Waals surface area contributed by atoms with Crippen molar-refractivity contribution in [3.63, 3.8) is 0 Å². The molecule has 1 aromatic heterocycles. The summed E-state index contributed by atoms with van der Waals surface area (Å²) in [5.74, 6) is 1.03. The average Bonchev–Trinajstić information content (AvgIpc) is 2.39. The molecule has 7 heteroatoms. The summed E-state index contributed by atoms with van der Waals surface area (Å²) in [5, 5.41) is 0. The van der Waals surface area contributed by atoms with E-state index in [0.29, 0.717) is 29.4 Å². The van der Waals surface area contributed by atoms with Gasteiger partial charge < -0.3 is 0 Å². The number of piperidine rings is 1. The van der Waals surface area contributed by atoms with E-state index in [-0.39, 0.29) is 4.90 Å². The highest BCUT2D eigenvalue weighted by atomic mass is 79.9. The fourth-order valence-electron chi connectivity index (χ4n) is 1.99. The summed E-state index contributed by atoms with van der Waals surface area (Å²) < 4.78 is 26.9. The van der Waals surface area contributed by atoms with Crippen molar-refractivity contribution in [2.24, 2.45) is 5.92 Å². The van der Waals surface area contributed by atoms with Crippen molar-refractivity contribution in [1.82, 2.24) is 9.29 Å². The van der Waals surface area contributed by atoms with Crippen LogP contribution in [0.3, 0.4) is 0 Å². The fraction of sp³-hybridized carbons (Fsp3) is 0.545. The molecule has 1 saturated heterocycles. The molecule has 0 bridgehead atoms. The van der Waals surface area contributed by atoms with Crippen LogP contribution in [0.15, 0.2) is 27.8 Å². The molecule has 0 N–H and O–H groups in total. The molecule has 18 heavy (non-hydrogen) atoms. The Morgan fingerprint density at radius 3 is 2.61 bits per heavy atom. The molecule has 1 fully saturated rings. The zero-order valence-electron chi connectivity index (χ0n) is 9.72. The molecule has 0 unspecified atom stereocenters. The van der Waals surface area contributed by atoms with Gasteiger partial charge in [0, 0.05) is 35.8 Å². The lowest BCUT2D eigenvalue weighted by molar-refractivity contribution is 0.290. The number of hydrogen-bond acceptors (Lipinski definition) is 3. The first kappa shape index (κ1) is 14.2. The van der Waals surface area contributed by atoms with E-state index < -0.39 is 10.0 Å². The van der Waals surface area contributed by atoms with Gasteiger partial charge in [0.25, 0.3) is 0 Å². The summed E-state index contributed by atoms with van der Waals surface area (Å²) >= 11 is 9.03. The SMILES string of the molecule is O=S(=O)(c1cncc(Br)c1)N1CCC(CCl)CC1. The molecule has 0 spiro atoms. The first-order valence-corrected chi connectivity index (χ1v) is 8.47. The van der Waals surface area contributed by atoms with E-state index in [1.54, 1.807) is 12.3 Å². The minimum Gasteiger partial charge on any atom is -0.262 e. The Bertz CT molecular complexity index is 516. The van der Waals surface area contributed by atoms with Crippen LogP contribution >= 0.6 is 27.5 Å². The Kier molecular flexibility index (Phi) is 4.64. The highest BCUT2D eigenvalue weighted by molar-refractivity contribution is 9.10. The molecule has 100 valence electrons. The number of nitrogens with zero attached hydrogens (tertiary/aromatic N) is 2. The van der Waals surface area contributed by atoms with Crippen LogP contribution in [0.1, 0.15) is 12.8 Å². The summed E-state index contributed by atoms with van der Waals surface area (Å²) in [6, 6.07) is 1.58. The van der Waals surface area contributed by atoms with Gasteiger partial charge in [0.15, 0.2) is 0 Å². The molecular formula is C11H14BrClN2O2S. The summed E-state index contributed by atoms with van der Waals surface area (Å²) in [6.45, 7) is 1.07. The Balaban J connectivity index is 2.17. The highest BCUT2D eigenvalue weighted by Gasteiger charge is 2.29. The van der Waals surface area contributed by atoms with Crippen molar-refractivity contribution in [2.45, 2.75) is 17.7 Å². The first-order chi connectivity index (χ1) is 8.54. The van der Waals surface area contributed by atoms with Crippen LogP contribution in [0.25, 0.3) is 0 Å². The van der Waals surface area contributed by atoms with Crippen LogP contribution < -0.4 is 0 Å². The zero-order chi connectivity index (χ0) is 13.2. The fourth-order valence-corrected chi connectivity index (χ4v) is 4.27. The van der Waals surface area contributed by atoms with Gasteiger partial charge in [-0.15, -0.1) is 11.6 Å². The maximum atomic E-state index is 12.4. The summed E-state index contributed by atoms with van der Waals surface area (Å²) in [4.78, 5) is 4.14. The van der Waals surface area contributed by atoms with Crippen LogP contribution in [-0.2, 0) is 10.0 Å². The molecule has 1 aliphatic rings. The minimum atomic E-state index is -3.42. The monoisotopic (exact) mass is 352 g/mol. The topological polar surface area (TPSA) is 50.3 Å². The van der Waals surface area contributed by atoms with Gasteiger partial charge in [-0.05, 0) is 40.8 Å². The van der Waals surface area contributed by atoms with Crippen molar-refractivity contribution >= 4 is 37.6 Å². The van der Waals surface area contributed by atoms with Gasteiger partial charge in [0.1, 0.15) is 4.90 Å². The predicted octanol–water partition coefficient (Wildman–Crippen LogP) is 2.48. The van der Waals surface area contributed by atoms with Gasteiger partial charge in [-0.2, -0.15) is 4.31 Å². The molecule has 0 atom stereocenters. The van der Waals surface area contributed by atoms with Crippen molar-refractivity contribution in [1.29, 1.82) is 0 Å². The molecule has 0 amide bonds. The summed E-state index contributed by atoms with van der Waals surface area (Å²) in [7, 11) is -3.42. The normalized spacial score (nSPS) is 19.0. The van der Waals surface area contributed by atoms with Crippen molar-refractivity contribution < 1.29 is 8.42 Å². The van der Waals surface area contributed by atoms with Crippen LogP contribution in [0.5, 0.6) is 0 Å². The number of halogens is 2. The molecule has 0 aliphatic carbocycles. The molecule has 2 heterocycles. The van der Waals surface area contributed by atoms with Crippen LogP contribution in [0, 0.1) is 5.92 Å². The molecule has 4 nitrogen and oxygen atoms in total. The number of rotatable bonds is 3. The van der Waals surface area contributed by atoms with E-state index in [1.807, 2.05) is 0 Å². The second kappa shape index (κ2) is 5.86. The van der Waals surface area contributed by atoms with E-state index in [0.717, 1.165) is 12.8 Å². The van der Waals surface area contributed by atoms with Crippen LogP contribution in [0.2, 0.25) is 0 Å². The molecule has 0 radical (unpaired) electrons. The third-order valence-electron chi connectivity index (χ3n) is 3.11. The number of sulfonamides is 1. The van der Waals surface area contributed by atoms with Crippen molar-refractivity contribution in [3.05, 3.63) is 22.9 Å². The average molecular weight is 354 g/mol. The number of alkyl halides is 1. The van der Waals surface area contributed by atoms with E-state index in [4.69, 9.17) is 11.6 Å². The predicted molar refractivity (Wildman–Crippen MR) is 74.1 cm³/mol. The Hall–Kier alpha value is -0.170. The molecule has 1 aliphatic heterocycles. The maximum absolute atomic E-state index is 12.4. The van der Waals surface area contributed by atoms with Crippen LogP contribution in [-0.4, -0.2) is 36.7 Å². The van der Waals surface area contributed by atoms with E-state index >= 15 is 0 Å². The standard InChI is InChI=1S/C11H14BrClN2O2S/c12-10-5-11(8-14-7-10)18(16,17)15-3-1-9(6-13)2-4-15/h5,7-9H,1-4,6H2. The highest BCUT2D eigenvalue weighted by Crippen LogP contribution is 2.25. The molecule has 2 rings (SSSR count). The van der Waals surface area contributed by atoms with E-state index in [1.165, 1.54) is 10.5 Å². The number of pyridine rings is 1. The third kappa shape index (κ3) is 3.04. The Labute approximate surface area is 121 Å². The van der Waals surface area contributed by atoms with Gasteiger partial charge in [-0.1, -0.05) is 0 Å². The van der Waals surface area contributed by atoms with Gasteiger partial charge in [-0.25, -0.2) is 8.42 Å². The number of hydrogen-bond donors (Lipinski definition) is 0. The second-order valence-corrected chi connectivity index (χ2v) is 7.50. The van der Waals surface area contributed by atoms with Crippen molar-refractivity contribution in [3.8, 4) is 0 Å². The number of aromatic nitrogens is 1. The lowest BCUT2D eigenvalue weighted by Gasteiger charge is -2.30. The van der Waals surface area contributed by atoms with Gasteiger partial charge >= 0.3 is 0 Å². The molecule has 0 saturated carbocycles. The lowest BCUT2D eigenvalue weighted by atomic mass is 10.0. The molecule has 1 aromatic rings. The quantitative estimate of drug-likeness (QED) is 0.785. The molecule has 0 aromatic carbocycles. The zero-order valence-corrected chi connectivity index (χ0v) is 12.9. The van der Waals surface area contributed by atoms with Crippen LogP contribution in [0.4, 0.5) is 0 Å². The molecular weight excluding hydrogens is 340 g/mol. The lowest BCUT2D eigenvalue weighted by Crippen LogP contribution is -2.38. The van der Waals surface area contributed by atoms with E-state index in [9.17, 15) is 8.42 Å². The Morgan fingerprint density at radius 1 is 1.39 bits per heavy atom. The van der Waals surface area contributed by atoms with Gasteiger partial charge in [-0.3, -0.25) is 4.98 Å². The summed E-state index contributed by atoms with van der Waals surface area (Å²) in [5.41, 5.74) is 0. The minimum absolute atomic E-state index is 0.237. The smallest absolute Gasteiger partial charge is 0.244 e. The van der Waals surface area contributed by atoms with Crippen molar-refractivity contribution in [2.75, 3.05) is 19.0 Å². The van der Waals surface area contributed by atoms with Gasteiger partial charge in [0.2, 0.25) is 10.0 Å². The second-order valence-electron chi connectivity index (χ2n) is 4.34. The summed E-state index contributed by atoms with van der Waals surface area (Å²) in [6.07, 6.45) is 4.60. The third-order valence-corrected chi connectivity index (χ3v) is 5.84. The first-order valence-electron chi connectivity index (χ1n) is 5.70. The maximum Gasteiger partial charge on any atom is 0.244 e. The largest absolute Gasteiger partial charge is 0.262 e.